The molecule has 1 aliphatic rings. The van der Waals surface area contributed by atoms with E-state index in [1.54, 1.807) is 37.5 Å². The van der Waals surface area contributed by atoms with Crippen LogP contribution in [0.4, 0.5) is 4.79 Å². The molecule has 0 aromatic heterocycles. The summed E-state index contributed by atoms with van der Waals surface area (Å²) in [5, 5.41) is -0.00588. The predicted molar refractivity (Wildman–Crippen MR) is 120 cm³/mol. The molecule has 0 bridgehead atoms. The quantitative estimate of drug-likeness (QED) is 0.491. The highest BCUT2D eigenvalue weighted by molar-refractivity contribution is 8.18. The highest BCUT2D eigenvalue weighted by Gasteiger charge is 2.35. The molecule has 0 spiro atoms. The second-order valence-electron chi connectivity index (χ2n) is 6.30. The van der Waals surface area contributed by atoms with Crippen LogP contribution < -0.4 is 18.9 Å². The van der Waals surface area contributed by atoms with Crippen molar-refractivity contribution >= 4 is 40.6 Å². The zero-order valence-electron chi connectivity index (χ0n) is 17.3. The van der Waals surface area contributed by atoms with Crippen LogP contribution in [0.15, 0.2) is 41.3 Å². The molecule has 9 heteroatoms. The Hall–Kier alpha value is -2.84. The molecule has 0 atom stereocenters. The largest absolute Gasteiger partial charge is 0.493 e. The van der Waals surface area contributed by atoms with E-state index in [1.807, 2.05) is 19.1 Å². The van der Waals surface area contributed by atoms with Crippen molar-refractivity contribution in [3.05, 3.63) is 51.9 Å². The first-order valence-corrected chi connectivity index (χ1v) is 10.7. The van der Waals surface area contributed by atoms with Gasteiger partial charge in [0.05, 0.1) is 37.3 Å². The molecular weight excluding hydrogens is 442 g/mol. The van der Waals surface area contributed by atoms with E-state index in [4.69, 9.17) is 30.5 Å². The molecule has 0 radical (unpaired) electrons. The van der Waals surface area contributed by atoms with Gasteiger partial charge in [0, 0.05) is 0 Å². The van der Waals surface area contributed by atoms with Crippen LogP contribution in [0.5, 0.6) is 23.0 Å². The summed E-state index contributed by atoms with van der Waals surface area (Å²) >= 11 is 7.14. The normalized spacial score (nSPS) is 14.8. The topological polar surface area (TPSA) is 74.3 Å². The molecule has 164 valence electrons. The fourth-order valence-corrected chi connectivity index (χ4v) is 4.12. The molecule has 1 heterocycles. The molecule has 0 saturated carbocycles. The number of methoxy groups -OCH3 is 2. The molecule has 1 aliphatic heterocycles. The van der Waals surface area contributed by atoms with Crippen molar-refractivity contribution in [1.82, 2.24) is 4.90 Å². The molecule has 0 unspecified atom stereocenters. The van der Waals surface area contributed by atoms with Crippen LogP contribution in [0.3, 0.4) is 0 Å². The Morgan fingerprint density at radius 2 is 1.77 bits per heavy atom. The van der Waals surface area contributed by atoms with Crippen molar-refractivity contribution in [2.45, 2.75) is 6.92 Å². The third-order valence-corrected chi connectivity index (χ3v) is 5.54. The number of hydrogen-bond acceptors (Lipinski definition) is 7. The molecule has 31 heavy (non-hydrogen) atoms. The highest BCUT2D eigenvalue weighted by Crippen LogP contribution is 2.39. The zero-order chi connectivity index (χ0) is 22.4. The lowest BCUT2D eigenvalue weighted by Gasteiger charge is -2.14. The number of para-hydroxylation sites is 2. The molecule has 0 aliphatic carbocycles. The highest BCUT2D eigenvalue weighted by atomic mass is 35.5. The van der Waals surface area contributed by atoms with Crippen LogP contribution >= 0.6 is 23.4 Å². The van der Waals surface area contributed by atoms with Gasteiger partial charge in [-0.2, -0.15) is 0 Å². The fourth-order valence-electron chi connectivity index (χ4n) is 2.96. The van der Waals surface area contributed by atoms with Crippen LogP contribution in [-0.4, -0.2) is 50.0 Å². The van der Waals surface area contributed by atoms with Crippen molar-refractivity contribution in [2.75, 3.05) is 34.0 Å². The number of rotatable bonds is 9. The van der Waals surface area contributed by atoms with E-state index in [0.717, 1.165) is 16.7 Å². The van der Waals surface area contributed by atoms with Gasteiger partial charge in [-0.3, -0.25) is 14.5 Å². The number of halogens is 1. The summed E-state index contributed by atoms with van der Waals surface area (Å²) < 4.78 is 21.7. The van der Waals surface area contributed by atoms with E-state index in [1.165, 1.54) is 7.11 Å². The number of amides is 2. The van der Waals surface area contributed by atoms with E-state index >= 15 is 0 Å². The average molecular weight is 464 g/mol. The standard InChI is InChI=1S/C22H22ClNO6S/c1-4-29-18-12-14(11-15(23)20(18)28-3)13-19-21(25)24(22(26)31-19)9-10-30-17-8-6-5-7-16(17)27-2/h5-8,11-13H,4,9-10H2,1-3H3/b19-13-. The minimum absolute atomic E-state index is 0.119. The molecular formula is C22H22ClNO6S. The van der Waals surface area contributed by atoms with Gasteiger partial charge in [-0.25, -0.2) is 0 Å². The van der Waals surface area contributed by atoms with E-state index in [9.17, 15) is 9.59 Å². The third-order valence-electron chi connectivity index (χ3n) is 4.35. The van der Waals surface area contributed by atoms with Crippen molar-refractivity contribution in [3.8, 4) is 23.0 Å². The van der Waals surface area contributed by atoms with Crippen LogP contribution in [0.25, 0.3) is 6.08 Å². The van der Waals surface area contributed by atoms with E-state index < -0.39 is 0 Å². The molecule has 0 N–H and O–H groups in total. The summed E-state index contributed by atoms with van der Waals surface area (Å²) in [6.07, 6.45) is 1.61. The third kappa shape index (κ3) is 5.26. The number of nitrogens with zero attached hydrogens (tertiary/aromatic N) is 1. The number of thioether (sulfide) groups is 1. The molecule has 2 amide bonds. The summed E-state index contributed by atoms with van der Waals surface area (Å²) in [7, 11) is 3.05. The number of carbonyl (C=O) groups excluding carboxylic acids is 2. The maximum Gasteiger partial charge on any atom is 0.293 e. The average Bonchev–Trinajstić information content (AvgIpc) is 3.01. The maximum atomic E-state index is 12.8. The Kier molecular flexibility index (Phi) is 7.70. The van der Waals surface area contributed by atoms with Gasteiger partial charge in [0.25, 0.3) is 11.1 Å². The molecule has 2 aromatic carbocycles. The van der Waals surface area contributed by atoms with Crippen molar-refractivity contribution in [3.63, 3.8) is 0 Å². The van der Waals surface area contributed by atoms with Crippen LogP contribution in [0, 0.1) is 0 Å². The number of ether oxygens (including phenoxy) is 4. The van der Waals surface area contributed by atoms with Crippen LogP contribution in [-0.2, 0) is 4.79 Å². The van der Waals surface area contributed by atoms with Gasteiger partial charge >= 0.3 is 0 Å². The lowest BCUT2D eigenvalue weighted by atomic mass is 10.1. The Labute approximate surface area is 189 Å². The Balaban J connectivity index is 1.72. The van der Waals surface area contributed by atoms with Gasteiger partial charge in [0.2, 0.25) is 0 Å². The number of imide groups is 1. The Morgan fingerprint density at radius 1 is 1.03 bits per heavy atom. The fraction of sp³-hybridized carbons (Fsp3) is 0.273. The SMILES string of the molecule is CCOc1cc(/C=C2\SC(=O)N(CCOc3ccccc3OC)C2=O)cc(Cl)c1OC. The predicted octanol–water partition coefficient (Wildman–Crippen LogP) is 4.87. The number of benzene rings is 2. The number of carbonyl (C=O) groups is 2. The zero-order valence-corrected chi connectivity index (χ0v) is 18.9. The van der Waals surface area contributed by atoms with Crippen LogP contribution in [0.2, 0.25) is 5.02 Å². The monoisotopic (exact) mass is 463 g/mol. The van der Waals surface area contributed by atoms with Gasteiger partial charge in [-0.05, 0) is 54.6 Å². The minimum atomic E-state index is -0.386. The van der Waals surface area contributed by atoms with Crippen LogP contribution in [0.1, 0.15) is 12.5 Å². The van der Waals surface area contributed by atoms with Gasteiger partial charge < -0.3 is 18.9 Å². The van der Waals surface area contributed by atoms with Crippen molar-refractivity contribution in [2.24, 2.45) is 0 Å². The first-order valence-electron chi connectivity index (χ1n) is 9.50. The van der Waals surface area contributed by atoms with Crippen molar-refractivity contribution < 1.29 is 28.5 Å². The van der Waals surface area contributed by atoms with Crippen molar-refractivity contribution in [1.29, 1.82) is 0 Å². The minimum Gasteiger partial charge on any atom is -0.493 e. The molecule has 1 saturated heterocycles. The lowest BCUT2D eigenvalue weighted by Crippen LogP contribution is -2.32. The van der Waals surface area contributed by atoms with E-state index in [0.29, 0.717) is 45.1 Å². The van der Waals surface area contributed by atoms with E-state index in [2.05, 4.69) is 0 Å². The second kappa shape index (κ2) is 10.5. The Bertz CT molecular complexity index is 1010. The first-order chi connectivity index (χ1) is 15.0. The summed E-state index contributed by atoms with van der Waals surface area (Å²) in [4.78, 5) is 26.6. The molecule has 2 aromatic rings. The summed E-state index contributed by atoms with van der Waals surface area (Å²) in [6.45, 7) is 2.54. The summed E-state index contributed by atoms with van der Waals surface area (Å²) in [5.74, 6) is 1.63. The second-order valence-corrected chi connectivity index (χ2v) is 7.70. The van der Waals surface area contributed by atoms with Gasteiger partial charge in [-0.15, -0.1) is 0 Å². The maximum absolute atomic E-state index is 12.8. The lowest BCUT2D eigenvalue weighted by molar-refractivity contribution is -0.123. The molecule has 3 rings (SSSR count). The number of hydrogen-bond donors (Lipinski definition) is 0. The summed E-state index contributed by atoms with van der Waals surface area (Å²) in [5.41, 5.74) is 0.630. The smallest absolute Gasteiger partial charge is 0.293 e. The summed E-state index contributed by atoms with van der Waals surface area (Å²) in [6, 6.07) is 10.5. The Morgan fingerprint density at radius 3 is 2.45 bits per heavy atom. The molecule has 7 nitrogen and oxygen atoms in total. The van der Waals surface area contributed by atoms with Gasteiger partial charge in [0.1, 0.15) is 6.61 Å². The molecule has 1 fully saturated rings. The van der Waals surface area contributed by atoms with E-state index in [-0.39, 0.29) is 24.3 Å². The van der Waals surface area contributed by atoms with Gasteiger partial charge in [-0.1, -0.05) is 23.7 Å². The van der Waals surface area contributed by atoms with Gasteiger partial charge in [0.15, 0.2) is 23.0 Å². The first kappa shape index (κ1) is 22.8.